The summed E-state index contributed by atoms with van der Waals surface area (Å²) < 4.78 is 15.7. The highest BCUT2D eigenvalue weighted by atomic mass is 16.6. The van der Waals surface area contributed by atoms with E-state index in [1.54, 1.807) is 49.4 Å². The van der Waals surface area contributed by atoms with Gasteiger partial charge in [-0.3, -0.25) is 10.1 Å². The molecular formula is C19H16N2O6. The summed E-state index contributed by atoms with van der Waals surface area (Å²) in [6.45, 7) is 2.00. The number of nitro benzene ring substituents is 1. The molecule has 0 amide bonds. The second-order valence-corrected chi connectivity index (χ2v) is 5.50. The summed E-state index contributed by atoms with van der Waals surface area (Å²) in [5.41, 5.74) is 1.20. The van der Waals surface area contributed by atoms with Gasteiger partial charge in [0.1, 0.15) is 12.4 Å². The Morgan fingerprint density at radius 3 is 2.78 bits per heavy atom. The number of para-hydroxylation sites is 1. The third-order valence-corrected chi connectivity index (χ3v) is 3.70. The van der Waals surface area contributed by atoms with Gasteiger partial charge in [0.15, 0.2) is 11.5 Å². The van der Waals surface area contributed by atoms with E-state index in [9.17, 15) is 14.9 Å². The van der Waals surface area contributed by atoms with E-state index in [0.29, 0.717) is 22.6 Å². The van der Waals surface area contributed by atoms with E-state index in [4.69, 9.17) is 14.0 Å². The maximum Gasteiger partial charge on any atom is 0.360 e. The highest BCUT2D eigenvalue weighted by Gasteiger charge is 2.16. The van der Waals surface area contributed by atoms with E-state index in [2.05, 4.69) is 5.16 Å². The van der Waals surface area contributed by atoms with Crippen molar-refractivity contribution in [2.75, 3.05) is 6.61 Å². The lowest BCUT2D eigenvalue weighted by molar-refractivity contribution is -0.385. The molecule has 0 saturated carbocycles. The number of nitro groups is 1. The molecular weight excluding hydrogens is 352 g/mol. The molecule has 0 aliphatic heterocycles. The minimum absolute atomic E-state index is 0.00275. The maximum atomic E-state index is 11.7. The molecule has 2 aromatic carbocycles. The van der Waals surface area contributed by atoms with Gasteiger partial charge in [0.2, 0.25) is 0 Å². The number of rotatable bonds is 7. The molecule has 1 aromatic heterocycles. The quantitative estimate of drug-likeness (QED) is 0.352. The van der Waals surface area contributed by atoms with E-state index >= 15 is 0 Å². The predicted molar refractivity (Wildman–Crippen MR) is 95.3 cm³/mol. The molecule has 0 N–H and O–H groups in total. The number of ether oxygens (including phenoxy) is 2. The number of benzene rings is 2. The highest BCUT2D eigenvalue weighted by molar-refractivity contribution is 5.88. The van der Waals surface area contributed by atoms with Crippen molar-refractivity contribution in [1.29, 1.82) is 0 Å². The van der Waals surface area contributed by atoms with E-state index < -0.39 is 10.9 Å². The van der Waals surface area contributed by atoms with E-state index in [-0.39, 0.29) is 24.6 Å². The molecule has 0 radical (unpaired) electrons. The Kier molecular flexibility index (Phi) is 5.46. The third kappa shape index (κ3) is 4.30. The van der Waals surface area contributed by atoms with Crippen LogP contribution in [-0.4, -0.2) is 22.7 Å². The van der Waals surface area contributed by atoms with Crippen LogP contribution >= 0.6 is 0 Å². The van der Waals surface area contributed by atoms with Crippen LogP contribution in [0.5, 0.6) is 5.75 Å². The Bertz CT molecular complexity index is 966. The van der Waals surface area contributed by atoms with Gasteiger partial charge in [-0.05, 0) is 25.1 Å². The Labute approximate surface area is 154 Å². The molecule has 138 valence electrons. The molecule has 0 fully saturated rings. The minimum Gasteiger partial charge on any atom is -0.489 e. The molecule has 0 aliphatic carbocycles. The number of nitrogens with zero attached hydrogens (tertiary/aromatic N) is 2. The normalized spacial score (nSPS) is 10.4. The van der Waals surface area contributed by atoms with Crippen molar-refractivity contribution in [2.24, 2.45) is 0 Å². The molecule has 0 saturated heterocycles. The summed E-state index contributed by atoms with van der Waals surface area (Å²) in [6.07, 6.45) is 0. The van der Waals surface area contributed by atoms with Crippen LogP contribution in [0.25, 0.3) is 11.3 Å². The van der Waals surface area contributed by atoms with Crippen LogP contribution in [0.15, 0.2) is 59.1 Å². The van der Waals surface area contributed by atoms with Gasteiger partial charge in [-0.25, -0.2) is 4.79 Å². The molecule has 3 rings (SSSR count). The van der Waals surface area contributed by atoms with Crippen LogP contribution in [0.3, 0.4) is 0 Å². The van der Waals surface area contributed by atoms with E-state index in [1.807, 2.05) is 0 Å². The second-order valence-electron chi connectivity index (χ2n) is 5.50. The lowest BCUT2D eigenvalue weighted by Crippen LogP contribution is -2.04. The fraction of sp³-hybridized carbons (Fsp3) is 0.158. The minimum atomic E-state index is -0.559. The highest BCUT2D eigenvalue weighted by Crippen LogP contribution is 2.26. The zero-order chi connectivity index (χ0) is 19.2. The van der Waals surface area contributed by atoms with Gasteiger partial charge in [-0.15, -0.1) is 0 Å². The summed E-state index contributed by atoms with van der Waals surface area (Å²) in [6, 6.07) is 14.8. The third-order valence-electron chi connectivity index (χ3n) is 3.70. The second kappa shape index (κ2) is 8.13. The van der Waals surface area contributed by atoms with Gasteiger partial charge in [0.05, 0.1) is 17.1 Å². The smallest absolute Gasteiger partial charge is 0.360 e. The van der Waals surface area contributed by atoms with Crippen molar-refractivity contribution in [3.63, 3.8) is 0 Å². The van der Waals surface area contributed by atoms with E-state index in [0.717, 1.165) is 0 Å². The lowest BCUT2D eigenvalue weighted by Gasteiger charge is -2.07. The molecule has 0 aliphatic rings. The van der Waals surface area contributed by atoms with Crippen LogP contribution in [-0.2, 0) is 11.3 Å². The molecule has 0 unspecified atom stereocenters. The number of esters is 1. The first-order valence-corrected chi connectivity index (χ1v) is 8.18. The van der Waals surface area contributed by atoms with Crippen molar-refractivity contribution in [2.45, 2.75) is 13.5 Å². The summed E-state index contributed by atoms with van der Waals surface area (Å²) >= 11 is 0. The number of carbonyl (C=O) groups is 1. The maximum absolute atomic E-state index is 11.7. The molecule has 0 spiro atoms. The van der Waals surface area contributed by atoms with Gasteiger partial charge < -0.3 is 14.0 Å². The SMILES string of the molecule is CCOC(=O)c1cc(-c2cccc(OCc3ccccc3[N+](=O)[O-])c2)on1. The summed E-state index contributed by atoms with van der Waals surface area (Å²) in [4.78, 5) is 22.3. The number of aromatic nitrogens is 1. The first-order valence-electron chi connectivity index (χ1n) is 8.18. The summed E-state index contributed by atoms with van der Waals surface area (Å²) in [7, 11) is 0. The van der Waals surface area contributed by atoms with Crippen molar-refractivity contribution in [1.82, 2.24) is 5.16 Å². The zero-order valence-corrected chi connectivity index (χ0v) is 14.5. The zero-order valence-electron chi connectivity index (χ0n) is 14.5. The molecule has 8 heteroatoms. The lowest BCUT2D eigenvalue weighted by atomic mass is 10.1. The predicted octanol–water partition coefficient (Wildman–Crippen LogP) is 4.01. The molecule has 3 aromatic rings. The fourth-order valence-corrected chi connectivity index (χ4v) is 2.42. The number of hydrogen-bond donors (Lipinski definition) is 0. The van der Waals surface area contributed by atoms with Crippen LogP contribution in [0.2, 0.25) is 0 Å². The standard InChI is InChI=1S/C19H16N2O6/c1-2-25-19(22)16-11-18(27-20-16)13-7-5-8-15(10-13)26-12-14-6-3-4-9-17(14)21(23)24/h3-11H,2,12H2,1H3. The van der Waals surface area contributed by atoms with Crippen LogP contribution in [0.4, 0.5) is 5.69 Å². The fourth-order valence-electron chi connectivity index (χ4n) is 2.42. The number of carbonyl (C=O) groups excluding carboxylic acids is 1. The Hall–Kier alpha value is -3.68. The van der Waals surface area contributed by atoms with Crippen molar-refractivity contribution < 1.29 is 23.7 Å². The van der Waals surface area contributed by atoms with Gasteiger partial charge in [-0.1, -0.05) is 29.4 Å². The van der Waals surface area contributed by atoms with E-state index in [1.165, 1.54) is 12.1 Å². The van der Waals surface area contributed by atoms with Crippen molar-refractivity contribution >= 4 is 11.7 Å². The van der Waals surface area contributed by atoms with Crippen LogP contribution < -0.4 is 4.74 Å². The van der Waals surface area contributed by atoms with Gasteiger partial charge in [0, 0.05) is 17.7 Å². The first kappa shape index (κ1) is 18.1. The molecule has 27 heavy (non-hydrogen) atoms. The van der Waals surface area contributed by atoms with Crippen LogP contribution in [0.1, 0.15) is 23.0 Å². The van der Waals surface area contributed by atoms with Gasteiger partial charge >= 0.3 is 5.97 Å². The Morgan fingerprint density at radius 2 is 2.00 bits per heavy atom. The summed E-state index contributed by atoms with van der Waals surface area (Å²) in [5, 5.41) is 14.8. The number of hydrogen-bond acceptors (Lipinski definition) is 7. The Balaban J connectivity index is 1.75. The molecule has 1 heterocycles. The first-order chi connectivity index (χ1) is 13.1. The van der Waals surface area contributed by atoms with Crippen LogP contribution in [0, 0.1) is 10.1 Å². The van der Waals surface area contributed by atoms with Gasteiger partial charge in [0.25, 0.3) is 5.69 Å². The van der Waals surface area contributed by atoms with Gasteiger partial charge in [-0.2, -0.15) is 0 Å². The summed E-state index contributed by atoms with van der Waals surface area (Å²) in [5.74, 6) is 0.324. The molecule has 0 atom stereocenters. The monoisotopic (exact) mass is 368 g/mol. The van der Waals surface area contributed by atoms with Crippen molar-refractivity contribution in [3.05, 3.63) is 76.0 Å². The molecule has 8 nitrogen and oxygen atoms in total. The Morgan fingerprint density at radius 1 is 1.19 bits per heavy atom. The molecule has 0 bridgehead atoms. The average Bonchev–Trinajstić information content (AvgIpc) is 3.17. The van der Waals surface area contributed by atoms with Crippen molar-refractivity contribution in [3.8, 4) is 17.1 Å². The average molecular weight is 368 g/mol. The largest absolute Gasteiger partial charge is 0.489 e. The topological polar surface area (TPSA) is 105 Å².